The van der Waals surface area contributed by atoms with E-state index in [0.717, 1.165) is 11.3 Å². The van der Waals surface area contributed by atoms with Gasteiger partial charge in [0.1, 0.15) is 5.75 Å². The van der Waals surface area contributed by atoms with Gasteiger partial charge in [-0.15, -0.1) is 0 Å². The highest BCUT2D eigenvalue weighted by Crippen LogP contribution is 2.32. The Labute approximate surface area is 129 Å². The quantitative estimate of drug-likeness (QED) is 0.798. The Bertz CT molecular complexity index is 528. The van der Waals surface area contributed by atoms with Crippen LogP contribution in [-0.4, -0.2) is 49.3 Å². The smallest absolute Gasteiger partial charge is 0.310 e. The minimum atomic E-state index is -0.433. The first-order valence-electron chi connectivity index (χ1n) is 7.22. The van der Waals surface area contributed by atoms with Crippen molar-refractivity contribution in [1.82, 2.24) is 4.90 Å². The lowest BCUT2D eigenvalue weighted by Crippen LogP contribution is -2.31. The SMILES string of the molecule is COC(=O)C1CC(=O)N(C(CCO)c2ccc(OC)cc2)C1. The fourth-order valence-corrected chi connectivity index (χ4v) is 2.81. The van der Waals surface area contributed by atoms with E-state index in [9.17, 15) is 14.7 Å². The number of esters is 1. The third-order valence-corrected chi connectivity index (χ3v) is 3.97. The van der Waals surface area contributed by atoms with Gasteiger partial charge in [0.2, 0.25) is 5.91 Å². The first-order valence-corrected chi connectivity index (χ1v) is 7.22. The number of hydrogen-bond acceptors (Lipinski definition) is 5. The normalized spacial score (nSPS) is 19.1. The highest BCUT2D eigenvalue weighted by atomic mass is 16.5. The molecule has 0 saturated carbocycles. The number of hydrogen-bond donors (Lipinski definition) is 1. The van der Waals surface area contributed by atoms with Gasteiger partial charge < -0.3 is 19.5 Å². The molecule has 1 N–H and O–H groups in total. The molecule has 1 fully saturated rings. The molecule has 22 heavy (non-hydrogen) atoms. The van der Waals surface area contributed by atoms with Crippen LogP contribution >= 0.6 is 0 Å². The van der Waals surface area contributed by atoms with E-state index in [1.807, 2.05) is 24.3 Å². The number of methoxy groups -OCH3 is 2. The van der Waals surface area contributed by atoms with Crippen molar-refractivity contribution in [2.45, 2.75) is 18.9 Å². The maximum absolute atomic E-state index is 12.2. The lowest BCUT2D eigenvalue weighted by Gasteiger charge is -2.28. The number of benzene rings is 1. The summed E-state index contributed by atoms with van der Waals surface area (Å²) in [4.78, 5) is 25.5. The number of carbonyl (C=O) groups is 2. The fourth-order valence-electron chi connectivity index (χ4n) is 2.81. The van der Waals surface area contributed by atoms with Crippen molar-refractivity contribution in [2.24, 2.45) is 5.92 Å². The van der Waals surface area contributed by atoms with Gasteiger partial charge >= 0.3 is 5.97 Å². The monoisotopic (exact) mass is 307 g/mol. The van der Waals surface area contributed by atoms with Crippen LogP contribution in [0.5, 0.6) is 5.75 Å². The molecule has 0 aromatic heterocycles. The third kappa shape index (κ3) is 3.39. The van der Waals surface area contributed by atoms with Crippen LogP contribution in [0.15, 0.2) is 24.3 Å². The molecule has 1 aliphatic heterocycles. The maximum Gasteiger partial charge on any atom is 0.310 e. The predicted molar refractivity (Wildman–Crippen MR) is 79.3 cm³/mol. The molecule has 2 atom stereocenters. The highest BCUT2D eigenvalue weighted by Gasteiger charge is 2.38. The Kier molecular flexibility index (Phi) is 5.38. The van der Waals surface area contributed by atoms with E-state index in [0.29, 0.717) is 13.0 Å². The summed E-state index contributed by atoms with van der Waals surface area (Å²) in [5.74, 6) is -0.165. The molecule has 1 aromatic rings. The summed E-state index contributed by atoms with van der Waals surface area (Å²) < 4.78 is 9.85. The topological polar surface area (TPSA) is 76.1 Å². The lowest BCUT2D eigenvalue weighted by molar-refractivity contribution is -0.145. The Hall–Kier alpha value is -2.08. The lowest BCUT2D eigenvalue weighted by atomic mass is 10.0. The van der Waals surface area contributed by atoms with Crippen LogP contribution < -0.4 is 4.74 Å². The standard InChI is InChI=1S/C16H21NO5/c1-21-13-5-3-11(4-6-13)14(7-8-18)17-10-12(9-15(17)19)16(20)22-2/h3-6,12,14,18H,7-10H2,1-2H3. The number of ether oxygens (including phenoxy) is 2. The van der Waals surface area contributed by atoms with Crippen LogP contribution in [0.2, 0.25) is 0 Å². The molecule has 0 radical (unpaired) electrons. The summed E-state index contributed by atoms with van der Waals surface area (Å²) >= 11 is 0. The van der Waals surface area contributed by atoms with Crippen molar-refractivity contribution in [2.75, 3.05) is 27.4 Å². The van der Waals surface area contributed by atoms with Crippen molar-refractivity contribution in [3.05, 3.63) is 29.8 Å². The van der Waals surface area contributed by atoms with Crippen molar-refractivity contribution >= 4 is 11.9 Å². The predicted octanol–water partition coefficient (Wildman–Crippen LogP) is 1.14. The second-order valence-corrected chi connectivity index (χ2v) is 5.27. The van der Waals surface area contributed by atoms with E-state index in [2.05, 4.69) is 0 Å². The van der Waals surface area contributed by atoms with Gasteiger partial charge in [0.15, 0.2) is 0 Å². The molecule has 1 amide bonds. The van der Waals surface area contributed by atoms with Crippen LogP contribution in [0.25, 0.3) is 0 Å². The average Bonchev–Trinajstić information content (AvgIpc) is 2.93. The molecule has 6 nitrogen and oxygen atoms in total. The van der Waals surface area contributed by atoms with E-state index in [1.165, 1.54) is 7.11 Å². The molecule has 120 valence electrons. The summed E-state index contributed by atoms with van der Waals surface area (Å²) in [5, 5.41) is 9.31. The molecule has 2 unspecified atom stereocenters. The zero-order valence-electron chi connectivity index (χ0n) is 12.8. The van der Waals surface area contributed by atoms with Gasteiger partial charge in [0, 0.05) is 19.6 Å². The number of aliphatic hydroxyl groups excluding tert-OH is 1. The van der Waals surface area contributed by atoms with Gasteiger partial charge in [-0.25, -0.2) is 0 Å². The second-order valence-electron chi connectivity index (χ2n) is 5.27. The zero-order chi connectivity index (χ0) is 16.1. The highest BCUT2D eigenvalue weighted by molar-refractivity contribution is 5.87. The molecule has 0 spiro atoms. The Morgan fingerprint density at radius 2 is 2.05 bits per heavy atom. The number of aliphatic hydroxyl groups is 1. The zero-order valence-corrected chi connectivity index (χ0v) is 12.8. The third-order valence-electron chi connectivity index (χ3n) is 3.97. The molecule has 2 rings (SSSR count). The van der Waals surface area contributed by atoms with E-state index >= 15 is 0 Å². The summed E-state index contributed by atoms with van der Waals surface area (Å²) in [6.45, 7) is 0.283. The van der Waals surface area contributed by atoms with Crippen molar-refractivity contribution in [3.63, 3.8) is 0 Å². The minimum absolute atomic E-state index is 0.0383. The minimum Gasteiger partial charge on any atom is -0.497 e. The number of likely N-dealkylation sites (tertiary alicyclic amines) is 1. The molecule has 1 heterocycles. The maximum atomic E-state index is 12.2. The van der Waals surface area contributed by atoms with Crippen LogP contribution in [0.3, 0.4) is 0 Å². The summed E-state index contributed by atoms with van der Waals surface area (Å²) in [6.07, 6.45) is 0.580. The van der Waals surface area contributed by atoms with Crippen molar-refractivity contribution in [3.8, 4) is 5.75 Å². The van der Waals surface area contributed by atoms with Gasteiger partial charge in [-0.1, -0.05) is 12.1 Å². The summed E-state index contributed by atoms with van der Waals surface area (Å²) in [5.41, 5.74) is 0.911. The Balaban J connectivity index is 2.20. The van der Waals surface area contributed by atoms with Crippen LogP contribution in [0, 0.1) is 5.92 Å². The van der Waals surface area contributed by atoms with E-state index < -0.39 is 5.92 Å². The van der Waals surface area contributed by atoms with Crippen LogP contribution in [0.4, 0.5) is 0 Å². The fraction of sp³-hybridized carbons (Fsp3) is 0.500. The van der Waals surface area contributed by atoms with Gasteiger partial charge in [-0.3, -0.25) is 9.59 Å². The Morgan fingerprint density at radius 3 is 2.59 bits per heavy atom. The van der Waals surface area contributed by atoms with Gasteiger partial charge in [0.25, 0.3) is 0 Å². The second kappa shape index (κ2) is 7.26. The number of rotatable bonds is 6. The molecule has 0 bridgehead atoms. The van der Waals surface area contributed by atoms with E-state index in [4.69, 9.17) is 9.47 Å². The average molecular weight is 307 g/mol. The van der Waals surface area contributed by atoms with Gasteiger partial charge in [-0.2, -0.15) is 0 Å². The molecular weight excluding hydrogens is 286 g/mol. The number of amides is 1. The summed E-state index contributed by atoms with van der Waals surface area (Å²) in [6, 6.07) is 7.13. The molecule has 1 saturated heterocycles. The largest absolute Gasteiger partial charge is 0.497 e. The first kappa shape index (κ1) is 16.3. The molecular formula is C16H21NO5. The van der Waals surface area contributed by atoms with E-state index in [-0.39, 0.29) is 30.9 Å². The number of carbonyl (C=O) groups excluding carboxylic acids is 2. The molecule has 1 aliphatic rings. The van der Waals surface area contributed by atoms with Crippen molar-refractivity contribution < 1.29 is 24.2 Å². The molecule has 0 aliphatic carbocycles. The van der Waals surface area contributed by atoms with Gasteiger partial charge in [-0.05, 0) is 24.1 Å². The summed E-state index contributed by atoms with van der Waals surface area (Å²) in [7, 11) is 2.91. The Morgan fingerprint density at radius 1 is 1.36 bits per heavy atom. The first-order chi connectivity index (χ1) is 10.6. The van der Waals surface area contributed by atoms with Crippen LogP contribution in [-0.2, 0) is 14.3 Å². The van der Waals surface area contributed by atoms with Crippen molar-refractivity contribution in [1.29, 1.82) is 0 Å². The molecule has 1 aromatic carbocycles. The van der Waals surface area contributed by atoms with Crippen LogP contribution in [0.1, 0.15) is 24.4 Å². The van der Waals surface area contributed by atoms with Gasteiger partial charge in [0.05, 0.1) is 26.2 Å². The molecule has 6 heteroatoms. The van der Waals surface area contributed by atoms with E-state index in [1.54, 1.807) is 12.0 Å². The number of nitrogens with zero attached hydrogens (tertiary/aromatic N) is 1.